The Labute approximate surface area is 101 Å². The lowest BCUT2D eigenvalue weighted by Crippen LogP contribution is -2.06. The minimum absolute atomic E-state index is 0.585. The molecule has 17 heavy (non-hydrogen) atoms. The maximum Gasteiger partial charge on any atom is 0.223 e. The fourth-order valence-corrected chi connectivity index (χ4v) is 1.81. The highest BCUT2D eigenvalue weighted by molar-refractivity contribution is 5.63. The van der Waals surface area contributed by atoms with Crippen molar-refractivity contribution >= 4 is 5.95 Å². The van der Waals surface area contributed by atoms with Gasteiger partial charge in [0.1, 0.15) is 0 Å². The first kappa shape index (κ1) is 10.3. The predicted octanol–water partition coefficient (Wildman–Crippen LogP) is 3.03. The molecule has 1 aliphatic rings. The number of aromatic nitrogens is 2. The SMILES string of the molecule is Cc1cnc(NC2CC2)nc1-c1ccccc1. The summed E-state index contributed by atoms with van der Waals surface area (Å²) in [6.07, 6.45) is 4.36. The van der Waals surface area contributed by atoms with Crippen molar-refractivity contribution < 1.29 is 0 Å². The fraction of sp³-hybridized carbons (Fsp3) is 0.286. The summed E-state index contributed by atoms with van der Waals surface area (Å²) in [6, 6.07) is 10.8. The maximum atomic E-state index is 4.60. The number of hydrogen-bond acceptors (Lipinski definition) is 3. The van der Waals surface area contributed by atoms with E-state index in [9.17, 15) is 0 Å². The lowest BCUT2D eigenvalue weighted by atomic mass is 10.1. The van der Waals surface area contributed by atoms with Crippen molar-refractivity contribution in [3.63, 3.8) is 0 Å². The third kappa shape index (κ3) is 2.28. The molecule has 2 aromatic rings. The predicted molar refractivity (Wildman–Crippen MR) is 68.8 cm³/mol. The minimum Gasteiger partial charge on any atom is -0.351 e. The van der Waals surface area contributed by atoms with E-state index in [2.05, 4.69) is 27.4 Å². The van der Waals surface area contributed by atoms with Crippen LogP contribution in [0.3, 0.4) is 0 Å². The van der Waals surface area contributed by atoms with Gasteiger partial charge in [-0.15, -0.1) is 0 Å². The van der Waals surface area contributed by atoms with Gasteiger partial charge in [0, 0.05) is 17.8 Å². The minimum atomic E-state index is 0.585. The number of nitrogens with one attached hydrogen (secondary N) is 1. The second kappa shape index (κ2) is 4.17. The molecule has 3 rings (SSSR count). The first-order chi connectivity index (χ1) is 8.33. The van der Waals surface area contributed by atoms with Gasteiger partial charge < -0.3 is 5.32 Å². The normalized spacial score (nSPS) is 14.6. The molecule has 1 N–H and O–H groups in total. The summed E-state index contributed by atoms with van der Waals surface area (Å²) in [4.78, 5) is 8.92. The Balaban J connectivity index is 1.96. The summed E-state index contributed by atoms with van der Waals surface area (Å²) in [6.45, 7) is 2.04. The molecule has 0 unspecified atom stereocenters. The Bertz CT molecular complexity index is 518. The molecule has 3 nitrogen and oxygen atoms in total. The largest absolute Gasteiger partial charge is 0.351 e. The van der Waals surface area contributed by atoms with Gasteiger partial charge in [0.2, 0.25) is 5.95 Å². The van der Waals surface area contributed by atoms with Gasteiger partial charge in [0.25, 0.3) is 0 Å². The molecule has 0 amide bonds. The molecule has 0 bridgehead atoms. The van der Waals surface area contributed by atoms with Gasteiger partial charge in [-0.05, 0) is 25.3 Å². The molecular weight excluding hydrogens is 210 g/mol. The highest BCUT2D eigenvalue weighted by Crippen LogP contribution is 2.25. The third-order valence-electron chi connectivity index (χ3n) is 2.93. The van der Waals surface area contributed by atoms with Gasteiger partial charge in [0.15, 0.2) is 0 Å². The molecular formula is C14H15N3. The van der Waals surface area contributed by atoms with Crippen LogP contribution >= 0.6 is 0 Å². The third-order valence-corrected chi connectivity index (χ3v) is 2.93. The van der Waals surface area contributed by atoms with Crippen molar-refractivity contribution in [1.82, 2.24) is 9.97 Å². The van der Waals surface area contributed by atoms with Crippen molar-refractivity contribution in [2.75, 3.05) is 5.32 Å². The van der Waals surface area contributed by atoms with E-state index >= 15 is 0 Å². The average molecular weight is 225 g/mol. The first-order valence-corrected chi connectivity index (χ1v) is 5.98. The molecule has 0 spiro atoms. The van der Waals surface area contributed by atoms with E-state index in [4.69, 9.17) is 0 Å². The maximum absolute atomic E-state index is 4.60. The second-order valence-electron chi connectivity index (χ2n) is 4.51. The summed E-state index contributed by atoms with van der Waals surface area (Å²) in [5, 5.41) is 3.33. The van der Waals surface area contributed by atoms with Gasteiger partial charge in [-0.2, -0.15) is 0 Å². The van der Waals surface area contributed by atoms with Gasteiger partial charge in [-0.1, -0.05) is 30.3 Å². The Morgan fingerprint density at radius 1 is 1.18 bits per heavy atom. The van der Waals surface area contributed by atoms with E-state index in [-0.39, 0.29) is 0 Å². The number of nitrogens with zero attached hydrogens (tertiary/aromatic N) is 2. The molecule has 3 heteroatoms. The molecule has 1 fully saturated rings. The van der Waals surface area contributed by atoms with Crippen LogP contribution in [0.25, 0.3) is 11.3 Å². The molecule has 0 atom stereocenters. The highest BCUT2D eigenvalue weighted by atomic mass is 15.1. The number of rotatable bonds is 3. The van der Waals surface area contributed by atoms with Crippen LogP contribution < -0.4 is 5.32 Å². The fourth-order valence-electron chi connectivity index (χ4n) is 1.81. The Morgan fingerprint density at radius 2 is 1.94 bits per heavy atom. The number of benzene rings is 1. The summed E-state index contributed by atoms with van der Waals surface area (Å²) < 4.78 is 0. The zero-order chi connectivity index (χ0) is 11.7. The van der Waals surface area contributed by atoms with E-state index in [1.54, 1.807) is 0 Å². The Morgan fingerprint density at radius 3 is 2.65 bits per heavy atom. The second-order valence-corrected chi connectivity index (χ2v) is 4.51. The molecule has 0 aliphatic heterocycles. The monoisotopic (exact) mass is 225 g/mol. The van der Waals surface area contributed by atoms with Gasteiger partial charge in [0.05, 0.1) is 5.69 Å². The first-order valence-electron chi connectivity index (χ1n) is 5.98. The summed E-state index contributed by atoms with van der Waals surface area (Å²) in [7, 11) is 0. The van der Waals surface area contributed by atoms with Gasteiger partial charge in [-0.25, -0.2) is 9.97 Å². The van der Waals surface area contributed by atoms with Crippen LogP contribution in [0.2, 0.25) is 0 Å². The molecule has 1 saturated carbocycles. The molecule has 1 aromatic carbocycles. The van der Waals surface area contributed by atoms with E-state index in [1.807, 2.05) is 31.3 Å². The topological polar surface area (TPSA) is 37.8 Å². The van der Waals surface area contributed by atoms with E-state index in [1.165, 1.54) is 12.8 Å². The Kier molecular flexibility index (Phi) is 2.52. The van der Waals surface area contributed by atoms with E-state index in [0.29, 0.717) is 6.04 Å². The zero-order valence-corrected chi connectivity index (χ0v) is 9.85. The van der Waals surface area contributed by atoms with E-state index in [0.717, 1.165) is 22.8 Å². The molecule has 86 valence electrons. The molecule has 0 saturated heterocycles. The zero-order valence-electron chi connectivity index (χ0n) is 9.85. The van der Waals surface area contributed by atoms with Crippen molar-refractivity contribution in [2.45, 2.75) is 25.8 Å². The van der Waals surface area contributed by atoms with Crippen LogP contribution in [0.4, 0.5) is 5.95 Å². The molecule has 1 aromatic heterocycles. The lowest BCUT2D eigenvalue weighted by molar-refractivity contribution is 1.04. The highest BCUT2D eigenvalue weighted by Gasteiger charge is 2.22. The summed E-state index contributed by atoms with van der Waals surface area (Å²) >= 11 is 0. The van der Waals surface area contributed by atoms with Crippen LogP contribution in [0, 0.1) is 6.92 Å². The van der Waals surface area contributed by atoms with Crippen LogP contribution in [0.5, 0.6) is 0 Å². The van der Waals surface area contributed by atoms with Gasteiger partial charge in [-0.3, -0.25) is 0 Å². The number of aryl methyl sites for hydroxylation is 1. The van der Waals surface area contributed by atoms with Crippen molar-refractivity contribution in [1.29, 1.82) is 0 Å². The van der Waals surface area contributed by atoms with Crippen molar-refractivity contribution in [2.24, 2.45) is 0 Å². The Hall–Kier alpha value is -1.90. The van der Waals surface area contributed by atoms with E-state index < -0.39 is 0 Å². The van der Waals surface area contributed by atoms with Crippen molar-refractivity contribution in [3.8, 4) is 11.3 Å². The molecule has 1 heterocycles. The smallest absolute Gasteiger partial charge is 0.223 e. The summed E-state index contributed by atoms with van der Waals surface area (Å²) in [5.74, 6) is 0.747. The van der Waals surface area contributed by atoms with Gasteiger partial charge >= 0.3 is 0 Å². The standard InChI is InChI=1S/C14H15N3/c1-10-9-15-14(16-12-7-8-12)17-13(10)11-5-3-2-4-6-11/h2-6,9,12H,7-8H2,1H3,(H,15,16,17). The van der Waals surface area contributed by atoms with Crippen LogP contribution in [0.15, 0.2) is 36.5 Å². The number of anilines is 1. The molecule has 1 aliphatic carbocycles. The molecule has 0 radical (unpaired) electrons. The van der Waals surface area contributed by atoms with Crippen molar-refractivity contribution in [3.05, 3.63) is 42.1 Å². The van der Waals surface area contributed by atoms with Crippen LogP contribution in [-0.4, -0.2) is 16.0 Å². The lowest BCUT2D eigenvalue weighted by Gasteiger charge is -2.08. The quantitative estimate of drug-likeness (QED) is 0.872. The summed E-state index contributed by atoms with van der Waals surface area (Å²) in [5.41, 5.74) is 3.27. The average Bonchev–Trinajstić information content (AvgIpc) is 3.17. The van der Waals surface area contributed by atoms with Crippen LogP contribution in [-0.2, 0) is 0 Å². The number of hydrogen-bond donors (Lipinski definition) is 1. The van der Waals surface area contributed by atoms with Crippen LogP contribution in [0.1, 0.15) is 18.4 Å².